The zero-order valence-electron chi connectivity index (χ0n) is 7.19. The first-order chi connectivity index (χ1) is 6.24. The Morgan fingerprint density at radius 3 is 2.85 bits per heavy atom. The topological polar surface area (TPSA) is 38.0 Å². The van der Waals surface area contributed by atoms with Crippen LogP contribution in [0.5, 0.6) is 0 Å². The third-order valence-corrected chi connectivity index (χ3v) is 2.43. The van der Waals surface area contributed by atoms with Crippen LogP contribution in [0.15, 0.2) is 22.7 Å². The Morgan fingerprint density at radius 1 is 1.46 bits per heavy atom. The summed E-state index contributed by atoms with van der Waals surface area (Å²) < 4.78 is 0.988. The van der Waals surface area contributed by atoms with Gasteiger partial charge in [0.2, 0.25) is 0 Å². The maximum Gasteiger partial charge on any atom is 0.0648 e. The molecular weight excluding hydrogens is 251 g/mol. The molecule has 0 saturated carbocycles. The largest absolute Gasteiger partial charge is 0.384 e. The Hall–Kier alpha value is -0.250. The number of nitrogens with one attached hydrogen (secondary N) is 1. The lowest BCUT2D eigenvalue weighted by Gasteiger charge is -2.07. The molecule has 0 aromatic heterocycles. The molecule has 1 aromatic carbocycles. The molecule has 0 atom stereocenters. The van der Waals surface area contributed by atoms with E-state index in [0.29, 0.717) is 6.54 Å². The zero-order chi connectivity index (χ0) is 9.68. The minimum absolute atomic E-state index is 0.696. The number of benzene rings is 1. The number of halogens is 2. The zero-order valence-corrected chi connectivity index (χ0v) is 9.53. The van der Waals surface area contributed by atoms with Crippen LogP contribution in [0.1, 0.15) is 6.42 Å². The van der Waals surface area contributed by atoms with Gasteiger partial charge in [0.15, 0.2) is 0 Å². The van der Waals surface area contributed by atoms with Crippen molar-refractivity contribution < 1.29 is 0 Å². The predicted molar refractivity (Wildman–Crippen MR) is 61.3 cm³/mol. The summed E-state index contributed by atoms with van der Waals surface area (Å²) in [6, 6.07) is 5.77. The number of anilines is 1. The molecule has 0 fully saturated rings. The van der Waals surface area contributed by atoms with Gasteiger partial charge in [-0.15, -0.1) is 0 Å². The van der Waals surface area contributed by atoms with Gasteiger partial charge in [-0.1, -0.05) is 27.5 Å². The minimum Gasteiger partial charge on any atom is -0.384 e. The van der Waals surface area contributed by atoms with Gasteiger partial charge in [0.1, 0.15) is 0 Å². The molecule has 0 saturated heterocycles. The lowest BCUT2D eigenvalue weighted by atomic mass is 10.3. The molecule has 0 spiro atoms. The van der Waals surface area contributed by atoms with Gasteiger partial charge in [0.05, 0.1) is 10.7 Å². The van der Waals surface area contributed by atoms with Crippen LogP contribution in [-0.4, -0.2) is 13.1 Å². The highest BCUT2D eigenvalue weighted by atomic mass is 79.9. The van der Waals surface area contributed by atoms with Crippen LogP contribution in [0.4, 0.5) is 5.69 Å². The van der Waals surface area contributed by atoms with E-state index in [1.807, 2.05) is 18.2 Å². The monoisotopic (exact) mass is 262 g/mol. The molecule has 0 radical (unpaired) electrons. The first-order valence-corrected chi connectivity index (χ1v) is 5.30. The molecule has 0 aliphatic heterocycles. The van der Waals surface area contributed by atoms with Gasteiger partial charge in [-0.25, -0.2) is 0 Å². The van der Waals surface area contributed by atoms with Crippen LogP contribution in [0.3, 0.4) is 0 Å². The second-order valence-corrected chi connectivity index (χ2v) is 4.02. The Kier molecular flexibility index (Phi) is 4.56. The summed E-state index contributed by atoms with van der Waals surface area (Å²) >= 11 is 9.33. The van der Waals surface area contributed by atoms with Crippen molar-refractivity contribution >= 4 is 33.2 Å². The van der Waals surface area contributed by atoms with E-state index < -0.39 is 0 Å². The Morgan fingerprint density at radius 2 is 2.23 bits per heavy atom. The first-order valence-electron chi connectivity index (χ1n) is 4.13. The third kappa shape index (κ3) is 3.55. The molecule has 13 heavy (non-hydrogen) atoms. The summed E-state index contributed by atoms with van der Waals surface area (Å²) in [6.07, 6.45) is 0.951. The number of hydrogen-bond donors (Lipinski definition) is 2. The van der Waals surface area contributed by atoms with E-state index in [-0.39, 0.29) is 0 Å². The van der Waals surface area contributed by atoms with Crippen LogP contribution in [0.25, 0.3) is 0 Å². The van der Waals surface area contributed by atoms with E-state index >= 15 is 0 Å². The summed E-state index contributed by atoms with van der Waals surface area (Å²) in [5, 5.41) is 3.94. The summed E-state index contributed by atoms with van der Waals surface area (Å²) in [6.45, 7) is 1.55. The molecule has 4 heteroatoms. The van der Waals surface area contributed by atoms with Crippen molar-refractivity contribution in [2.24, 2.45) is 5.73 Å². The number of hydrogen-bond acceptors (Lipinski definition) is 2. The van der Waals surface area contributed by atoms with Gasteiger partial charge in [0.25, 0.3) is 0 Å². The van der Waals surface area contributed by atoms with E-state index in [4.69, 9.17) is 17.3 Å². The molecule has 3 N–H and O–H groups in total. The van der Waals surface area contributed by atoms with Gasteiger partial charge in [-0.3, -0.25) is 0 Å². The van der Waals surface area contributed by atoms with Crippen LogP contribution in [0, 0.1) is 0 Å². The molecule has 0 unspecified atom stereocenters. The smallest absolute Gasteiger partial charge is 0.0648 e. The summed E-state index contributed by atoms with van der Waals surface area (Å²) in [5.74, 6) is 0. The van der Waals surface area contributed by atoms with Gasteiger partial charge in [-0.2, -0.15) is 0 Å². The molecule has 0 aliphatic rings. The first kappa shape index (κ1) is 10.8. The summed E-state index contributed by atoms with van der Waals surface area (Å²) in [5.41, 5.74) is 6.33. The molecule has 72 valence electrons. The number of nitrogens with two attached hydrogens (primary N) is 1. The van der Waals surface area contributed by atoms with Crippen LogP contribution < -0.4 is 11.1 Å². The number of rotatable bonds is 4. The Labute approximate surface area is 91.6 Å². The van der Waals surface area contributed by atoms with E-state index in [2.05, 4.69) is 21.2 Å². The van der Waals surface area contributed by atoms with Crippen molar-refractivity contribution in [2.75, 3.05) is 18.4 Å². The summed E-state index contributed by atoms with van der Waals surface area (Å²) in [7, 11) is 0. The fourth-order valence-electron chi connectivity index (χ4n) is 0.958. The molecule has 1 rings (SSSR count). The maximum absolute atomic E-state index is 5.98. The quantitative estimate of drug-likeness (QED) is 0.820. The van der Waals surface area contributed by atoms with E-state index in [1.165, 1.54) is 0 Å². The van der Waals surface area contributed by atoms with E-state index in [1.54, 1.807) is 0 Å². The highest BCUT2D eigenvalue weighted by Gasteiger charge is 1.98. The molecule has 2 nitrogen and oxygen atoms in total. The van der Waals surface area contributed by atoms with Gasteiger partial charge in [0, 0.05) is 11.0 Å². The molecular formula is C9H12BrClN2. The molecule has 0 aliphatic carbocycles. The fraction of sp³-hybridized carbons (Fsp3) is 0.333. The highest BCUT2D eigenvalue weighted by Crippen LogP contribution is 2.25. The second-order valence-electron chi connectivity index (χ2n) is 2.69. The second kappa shape index (κ2) is 5.47. The van der Waals surface area contributed by atoms with Crippen molar-refractivity contribution in [3.8, 4) is 0 Å². The Balaban J connectivity index is 2.56. The molecule has 0 bridgehead atoms. The lowest BCUT2D eigenvalue weighted by molar-refractivity contribution is 0.874. The lowest BCUT2D eigenvalue weighted by Crippen LogP contribution is -2.08. The van der Waals surface area contributed by atoms with E-state index in [9.17, 15) is 0 Å². The average molecular weight is 264 g/mol. The summed E-state index contributed by atoms with van der Waals surface area (Å²) in [4.78, 5) is 0. The van der Waals surface area contributed by atoms with Crippen LogP contribution in [-0.2, 0) is 0 Å². The molecule has 1 aromatic rings. The van der Waals surface area contributed by atoms with Gasteiger partial charge < -0.3 is 11.1 Å². The SMILES string of the molecule is NCCCNc1ccc(Br)cc1Cl. The average Bonchev–Trinajstić information content (AvgIpc) is 2.09. The van der Waals surface area contributed by atoms with Crippen LogP contribution in [0.2, 0.25) is 5.02 Å². The van der Waals surface area contributed by atoms with Crippen molar-refractivity contribution in [3.63, 3.8) is 0 Å². The molecule has 0 amide bonds. The highest BCUT2D eigenvalue weighted by molar-refractivity contribution is 9.10. The minimum atomic E-state index is 0.696. The predicted octanol–water partition coefficient (Wildman–Crippen LogP) is 2.86. The Bertz CT molecular complexity index is 278. The van der Waals surface area contributed by atoms with Crippen molar-refractivity contribution in [1.82, 2.24) is 0 Å². The standard InChI is InChI=1S/C9H12BrClN2/c10-7-2-3-9(8(11)6-7)13-5-1-4-12/h2-3,6,13H,1,4-5,12H2. The van der Waals surface area contributed by atoms with Crippen molar-refractivity contribution in [1.29, 1.82) is 0 Å². The van der Waals surface area contributed by atoms with Gasteiger partial charge >= 0.3 is 0 Å². The van der Waals surface area contributed by atoms with Crippen LogP contribution >= 0.6 is 27.5 Å². The normalized spacial score (nSPS) is 10.1. The third-order valence-electron chi connectivity index (χ3n) is 1.63. The van der Waals surface area contributed by atoms with Crippen molar-refractivity contribution in [2.45, 2.75) is 6.42 Å². The van der Waals surface area contributed by atoms with Crippen molar-refractivity contribution in [3.05, 3.63) is 27.7 Å². The molecule has 0 heterocycles. The van der Waals surface area contributed by atoms with E-state index in [0.717, 1.165) is 28.1 Å². The van der Waals surface area contributed by atoms with Gasteiger partial charge in [-0.05, 0) is 31.2 Å². The maximum atomic E-state index is 5.98. The fourth-order valence-corrected chi connectivity index (χ4v) is 1.70.